The zero-order chi connectivity index (χ0) is 13.9. The van der Waals surface area contributed by atoms with Crippen LogP contribution >= 0.6 is 0 Å². The maximum absolute atomic E-state index is 11.6. The van der Waals surface area contributed by atoms with Crippen molar-refractivity contribution in [1.29, 1.82) is 0 Å². The van der Waals surface area contributed by atoms with Gasteiger partial charge in [0.25, 0.3) is 0 Å². The fourth-order valence-corrected chi connectivity index (χ4v) is 1.81. The summed E-state index contributed by atoms with van der Waals surface area (Å²) in [4.78, 5) is 13.8. The van der Waals surface area contributed by atoms with Gasteiger partial charge in [0.15, 0.2) is 0 Å². The number of nitrogens with zero attached hydrogens (tertiary/aromatic N) is 1. The minimum Gasteiger partial charge on any atom is -0.379 e. The van der Waals surface area contributed by atoms with E-state index < -0.39 is 0 Å². The lowest BCUT2D eigenvalue weighted by Crippen LogP contribution is -2.43. The summed E-state index contributed by atoms with van der Waals surface area (Å²) in [7, 11) is 0. The van der Waals surface area contributed by atoms with Crippen LogP contribution in [-0.4, -0.2) is 63.3 Å². The monoisotopic (exact) mass is 258 g/mol. The summed E-state index contributed by atoms with van der Waals surface area (Å²) in [6.07, 6.45) is 2.92. The highest BCUT2D eigenvalue weighted by molar-refractivity contribution is 5.77. The Bertz CT molecular complexity index is 248. The van der Waals surface area contributed by atoms with Crippen LogP contribution in [0.25, 0.3) is 0 Å². The largest absolute Gasteiger partial charge is 0.379 e. The maximum atomic E-state index is 11.6. The molecule has 5 heteroatoms. The van der Waals surface area contributed by atoms with Gasteiger partial charge in [0.2, 0.25) is 5.91 Å². The zero-order valence-electron chi connectivity index (χ0n) is 12.4. The molecule has 1 rings (SSSR count). The van der Waals surface area contributed by atoms with Crippen molar-refractivity contribution in [1.82, 2.24) is 15.5 Å². The molecule has 0 spiro atoms. The molecule has 0 unspecified atom stereocenters. The summed E-state index contributed by atoms with van der Waals surface area (Å²) in [6.45, 7) is 7.00. The second-order valence-corrected chi connectivity index (χ2v) is 4.53. The molecule has 0 radical (unpaired) electrons. The van der Waals surface area contributed by atoms with Crippen LogP contribution in [0, 0.1) is 0 Å². The Morgan fingerprint density at radius 2 is 2.17 bits per heavy atom. The summed E-state index contributed by atoms with van der Waals surface area (Å²) in [5.74, 6) is -0.0259. The van der Waals surface area contributed by atoms with Crippen molar-refractivity contribution >= 4 is 5.91 Å². The molecule has 0 aromatic rings. The molecule has 0 bridgehead atoms. The molecule has 2 N–H and O–H groups in total. The van der Waals surface area contributed by atoms with Crippen molar-refractivity contribution in [2.24, 2.45) is 0 Å². The first-order chi connectivity index (χ1) is 9.22. The first-order valence-corrected chi connectivity index (χ1v) is 6.94. The number of hydrogen-bond acceptors (Lipinski definition) is 4. The molecule has 0 aromatic carbocycles. The smallest absolute Gasteiger partial charge is 0.234 e. The van der Waals surface area contributed by atoms with Crippen molar-refractivity contribution in [3.63, 3.8) is 0 Å². The number of carbonyl (C=O) groups excluding carboxylic acids is 1. The van der Waals surface area contributed by atoms with Crippen LogP contribution in [0.1, 0.15) is 27.6 Å². The van der Waals surface area contributed by atoms with Crippen molar-refractivity contribution in [3.8, 4) is 0 Å². The lowest BCUT2D eigenvalue weighted by molar-refractivity contribution is -0.120. The van der Waals surface area contributed by atoms with Crippen LogP contribution in [0.2, 0.25) is 0 Å². The normalized spacial score (nSPS) is 19.3. The lowest BCUT2D eigenvalue weighted by Gasteiger charge is -2.26. The molecule has 1 aliphatic heterocycles. The van der Waals surface area contributed by atoms with E-state index in [0.717, 1.165) is 52.1 Å². The molecular formula is C13H27N3O2. The molecule has 1 aliphatic rings. The minimum absolute atomic E-state index is 0.0259. The topological polar surface area (TPSA) is 53.6 Å². The Kier molecular flexibility index (Phi) is 7.87. The van der Waals surface area contributed by atoms with E-state index in [1.807, 2.05) is 0 Å². The molecule has 1 heterocycles. The average Bonchev–Trinajstić information content (AvgIpc) is 2.44. The summed E-state index contributed by atoms with van der Waals surface area (Å²) in [6, 6.07) is 0. The fraction of sp³-hybridized carbons (Fsp3) is 0.923. The van der Waals surface area contributed by atoms with Gasteiger partial charge < -0.3 is 15.4 Å². The van der Waals surface area contributed by atoms with E-state index in [0.29, 0.717) is 6.54 Å². The summed E-state index contributed by atoms with van der Waals surface area (Å²) in [5.41, 5.74) is 0. The molecule has 106 valence electrons. The number of unbranched alkanes of at least 4 members (excludes halogenated alkanes) is 1. The Balaban J connectivity index is 1.98. The van der Waals surface area contributed by atoms with Crippen LogP contribution < -0.4 is 10.6 Å². The molecule has 1 fully saturated rings. The van der Waals surface area contributed by atoms with Crippen molar-refractivity contribution in [3.05, 3.63) is 0 Å². The second-order valence-electron chi connectivity index (χ2n) is 4.53. The van der Waals surface area contributed by atoms with Crippen LogP contribution in [-0.2, 0) is 9.53 Å². The predicted octanol–water partition coefficient (Wildman–Crippen LogP) is 0.215. The molecule has 0 saturated carbocycles. The van der Waals surface area contributed by atoms with E-state index in [-0.39, 0.29) is 19.0 Å². The van der Waals surface area contributed by atoms with Crippen LogP contribution in [0.5, 0.6) is 0 Å². The van der Waals surface area contributed by atoms with E-state index >= 15 is 0 Å². The van der Waals surface area contributed by atoms with Gasteiger partial charge >= 0.3 is 0 Å². The number of amides is 1. The maximum Gasteiger partial charge on any atom is 0.234 e. The number of rotatable bonds is 9. The van der Waals surface area contributed by atoms with Gasteiger partial charge in [-0.3, -0.25) is 9.69 Å². The fourth-order valence-electron chi connectivity index (χ4n) is 1.81. The van der Waals surface area contributed by atoms with E-state index in [1.54, 1.807) is 0 Å². The number of hydrogen-bond donors (Lipinski definition) is 2. The number of morpholine rings is 1. The first-order valence-electron chi connectivity index (χ1n) is 7.52. The Morgan fingerprint density at radius 1 is 1.39 bits per heavy atom. The Labute approximate surface area is 112 Å². The molecule has 0 aliphatic carbocycles. The molecule has 1 atom stereocenters. The van der Waals surface area contributed by atoms with E-state index in [9.17, 15) is 4.79 Å². The van der Waals surface area contributed by atoms with Crippen LogP contribution in [0.15, 0.2) is 0 Å². The second kappa shape index (κ2) is 10.3. The first kappa shape index (κ1) is 13.8. The van der Waals surface area contributed by atoms with Gasteiger partial charge in [0.05, 0.1) is 19.8 Å². The standard InChI is InChI=1S/C13H27N3O2/c1-2-3-4-5-14-12-13(17)15-6-7-16-8-10-18-11-9-16/h14H,2-12H2,1H3,(H,15,17)/i5D/t5-/m0/s1. The highest BCUT2D eigenvalue weighted by Gasteiger charge is 2.09. The molecule has 18 heavy (non-hydrogen) atoms. The third-order valence-electron chi connectivity index (χ3n) is 2.96. The van der Waals surface area contributed by atoms with E-state index in [2.05, 4.69) is 22.5 Å². The van der Waals surface area contributed by atoms with Gasteiger partial charge in [0.1, 0.15) is 0 Å². The Morgan fingerprint density at radius 3 is 2.89 bits per heavy atom. The third-order valence-corrected chi connectivity index (χ3v) is 2.96. The molecule has 1 amide bonds. The zero-order valence-corrected chi connectivity index (χ0v) is 11.4. The summed E-state index contributed by atoms with van der Waals surface area (Å²) >= 11 is 0. The molecular weight excluding hydrogens is 230 g/mol. The average molecular weight is 258 g/mol. The van der Waals surface area contributed by atoms with Crippen LogP contribution in [0.4, 0.5) is 0 Å². The van der Waals surface area contributed by atoms with Crippen molar-refractivity contribution in [2.75, 3.05) is 52.5 Å². The quantitative estimate of drug-likeness (QED) is 0.621. The highest BCUT2D eigenvalue weighted by atomic mass is 16.5. The van der Waals surface area contributed by atoms with Gasteiger partial charge in [-0.15, -0.1) is 0 Å². The van der Waals surface area contributed by atoms with Gasteiger partial charge in [-0.1, -0.05) is 19.8 Å². The molecule has 1 saturated heterocycles. The van der Waals surface area contributed by atoms with Gasteiger partial charge in [-0.2, -0.15) is 0 Å². The molecule has 5 nitrogen and oxygen atoms in total. The summed E-state index contributed by atoms with van der Waals surface area (Å²) in [5, 5.41) is 5.80. The van der Waals surface area contributed by atoms with Crippen LogP contribution in [0.3, 0.4) is 0 Å². The predicted molar refractivity (Wildman–Crippen MR) is 72.7 cm³/mol. The van der Waals surface area contributed by atoms with Crippen molar-refractivity contribution in [2.45, 2.75) is 26.2 Å². The number of carbonyl (C=O) groups is 1. The highest BCUT2D eigenvalue weighted by Crippen LogP contribution is 1.94. The Hall–Kier alpha value is -0.650. The van der Waals surface area contributed by atoms with Crippen molar-refractivity contribution < 1.29 is 10.9 Å². The SMILES string of the molecule is [2H][C@@H](CCCC)NCC(=O)NCCN1CCOCC1. The van der Waals surface area contributed by atoms with Gasteiger partial charge in [0, 0.05) is 27.5 Å². The molecule has 0 aromatic heterocycles. The van der Waals surface area contributed by atoms with Gasteiger partial charge in [-0.05, 0) is 12.9 Å². The third kappa shape index (κ3) is 7.63. The number of ether oxygens (including phenoxy) is 1. The number of nitrogens with one attached hydrogen (secondary N) is 2. The minimum atomic E-state index is -0.329. The lowest BCUT2D eigenvalue weighted by atomic mass is 10.2. The van der Waals surface area contributed by atoms with E-state index in [1.165, 1.54) is 0 Å². The summed E-state index contributed by atoms with van der Waals surface area (Å²) < 4.78 is 13.0. The van der Waals surface area contributed by atoms with Gasteiger partial charge in [-0.25, -0.2) is 0 Å². The van der Waals surface area contributed by atoms with E-state index in [4.69, 9.17) is 6.11 Å².